The molecule has 2 aromatic heterocycles. The molecule has 0 saturated carbocycles. The van der Waals surface area contributed by atoms with Crippen molar-refractivity contribution >= 4 is 16.9 Å². The van der Waals surface area contributed by atoms with Gasteiger partial charge in [0.05, 0.1) is 12.1 Å². The third-order valence-electron chi connectivity index (χ3n) is 5.70. The number of carboxylic acids is 1. The molecular formula is C22H25N3O3. The average Bonchev–Trinajstić information content (AvgIpc) is 2.93. The maximum Gasteiger partial charge on any atom is 0.337 e. The molecule has 1 unspecified atom stereocenters. The second kappa shape index (κ2) is 6.72. The summed E-state index contributed by atoms with van der Waals surface area (Å²) in [6.07, 6.45) is 3.73. The van der Waals surface area contributed by atoms with Crippen LogP contribution in [0.2, 0.25) is 0 Å². The van der Waals surface area contributed by atoms with E-state index in [0.29, 0.717) is 5.56 Å². The van der Waals surface area contributed by atoms with Crippen molar-refractivity contribution in [3.8, 4) is 0 Å². The number of benzene rings is 1. The highest BCUT2D eigenvalue weighted by Crippen LogP contribution is 2.35. The fourth-order valence-electron chi connectivity index (χ4n) is 4.31. The molecule has 6 heteroatoms. The van der Waals surface area contributed by atoms with Crippen molar-refractivity contribution in [3.63, 3.8) is 0 Å². The molecule has 0 amide bonds. The Morgan fingerprint density at radius 3 is 2.86 bits per heavy atom. The van der Waals surface area contributed by atoms with Crippen molar-refractivity contribution in [2.45, 2.75) is 39.0 Å². The molecule has 0 bridgehead atoms. The Hall–Kier alpha value is -2.70. The number of aromatic carboxylic acids is 1. The molecule has 3 aromatic rings. The zero-order valence-electron chi connectivity index (χ0n) is 16.4. The largest absolute Gasteiger partial charge is 0.478 e. The summed E-state index contributed by atoms with van der Waals surface area (Å²) in [5.74, 6) is -1.08. The third kappa shape index (κ3) is 3.08. The summed E-state index contributed by atoms with van der Waals surface area (Å²) in [6.45, 7) is 5.88. The van der Waals surface area contributed by atoms with Crippen LogP contribution < -0.4 is 0 Å². The molecule has 6 nitrogen and oxygen atoms in total. The van der Waals surface area contributed by atoms with Crippen LogP contribution in [0, 0.1) is 6.92 Å². The van der Waals surface area contributed by atoms with Gasteiger partial charge < -0.3 is 19.7 Å². The predicted octanol–water partition coefficient (Wildman–Crippen LogP) is 2.94. The van der Waals surface area contributed by atoms with Crippen molar-refractivity contribution in [1.82, 2.24) is 14.5 Å². The number of rotatable bonds is 4. The Bertz CT molecular complexity index is 1070. The average molecular weight is 379 g/mol. The van der Waals surface area contributed by atoms with Gasteiger partial charge in [-0.05, 0) is 44.7 Å². The van der Waals surface area contributed by atoms with Crippen LogP contribution in [0.1, 0.15) is 39.7 Å². The number of carboxylic acid groups (broad SMARTS) is 1. The third-order valence-corrected chi connectivity index (χ3v) is 5.70. The first kappa shape index (κ1) is 18.7. The number of nitrogens with zero attached hydrogens (tertiary/aromatic N) is 3. The summed E-state index contributed by atoms with van der Waals surface area (Å²) >= 11 is 0. The van der Waals surface area contributed by atoms with E-state index in [2.05, 4.69) is 46.6 Å². The molecular weight excluding hydrogens is 354 g/mol. The van der Waals surface area contributed by atoms with Crippen molar-refractivity contribution in [1.29, 1.82) is 0 Å². The molecule has 0 spiro atoms. The van der Waals surface area contributed by atoms with E-state index < -0.39 is 11.6 Å². The molecule has 0 fully saturated rings. The quantitative estimate of drug-likeness (QED) is 0.729. The lowest BCUT2D eigenvalue weighted by Gasteiger charge is -2.29. The minimum absolute atomic E-state index is 0.0356. The molecule has 1 atom stereocenters. The van der Waals surface area contributed by atoms with Crippen LogP contribution >= 0.6 is 0 Å². The van der Waals surface area contributed by atoms with Gasteiger partial charge in [0.1, 0.15) is 5.60 Å². The lowest BCUT2D eigenvalue weighted by molar-refractivity contribution is 0.0354. The van der Waals surface area contributed by atoms with Gasteiger partial charge >= 0.3 is 5.97 Å². The van der Waals surface area contributed by atoms with Gasteiger partial charge in [0.2, 0.25) is 0 Å². The summed E-state index contributed by atoms with van der Waals surface area (Å²) in [6, 6.07) is 7.98. The molecule has 1 aliphatic heterocycles. The Balaban J connectivity index is 1.85. The number of pyridine rings is 1. The number of carbonyl (C=O) groups is 1. The minimum Gasteiger partial charge on any atom is -0.478 e. The van der Waals surface area contributed by atoms with E-state index in [4.69, 9.17) is 0 Å². The van der Waals surface area contributed by atoms with E-state index in [0.717, 1.165) is 25.0 Å². The molecule has 146 valence electrons. The van der Waals surface area contributed by atoms with E-state index in [1.807, 2.05) is 0 Å². The van der Waals surface area contributed by atoms with E-state index >= 15 is 0 Å². The van der Waals surface area contributed by atoms with Crippen LogP contribution in [-0.4, -0.2) is 44.2 Å². The highest BCUT2D eigenvalue weighted by atomic mass is 16.4. The van der Waals surface area contributed by atoms with Gasteiger partial charge in [-0.1, -0.05) is 11.6 Å². The van der Waals surface area contributed by atoms with Crippen molar-refractivity contribution in [2.24, 2.45) is 0 Å². The normalized spacial score (nSPS) is 16.7. The van der Waals surface area contributed by atoms with Crippen LogP contribution in [0.4, 0.5) is 0 Å². The Kier molecular flexibility index (Phi) is 4.48. The fourth-order valence-corrected chi connectivity index (χ4v) is 4.31. The standard InChI is InChI=1S/C22H25N3O3/c1-14-4-5-19-15(10-14)17-12-24(3)9-7-20(17)25(19)13-22(2,28)18-6-8-23-11-16(18)21(26)27/h4-6,8,10-11,28H,7,9,12-13H2,1-3H3,(H,26,27). The van der Waals surface area contributed by atoms with Gasteiger partial charge in [0.25, 0.3) is 0 Å². The van der Waals surface area contributed by atoms with E-state index in [1.54, 1.807) is 13.0 Å². The first-order valence-corrected chi connectivity index (χ1v) is 9.47. The van der Waals surface area contributed by atoms with Gasteiger partial charge in [-0.25, -0.2) is 4.79 Å². The zero-order chi connectivity index (χ0) is 20.1. The second-order valence-corrected chi connectivity index (χ2v) is 8.02. The fraction of sp³-hybridized carbons (Fsp3) is 0.364. The minimum atomic E-state index is -1.34. The van der Waals surface area contributed by atoms with Crippen molar-refractivity contribution in [3.05, 3.63) is 64.6 Å². The highest BCUT2D eigenvalue weighted by Gasteiger charge is 2.32. The Morgan fingerprint density at radius 1 is 1.32 bits per heavy atom. The summed E-state index contributed by atoms with van der Waals surface area (Å²) in [4.78, 5) is 17.8. The predicted molar refractivity (Wildman–Crippen MR) is 107 cm³/mol. The highest BCUT2D eigenvalue weighted by molar-refractivity contribution is 5.89. The topological polar surface area (TPSA) is 78.6 Å². The SMILES string of the molecule is Cc1ccc2c(c1)c1c(n2CC(C)(O)c2ccncc2C(=O)O)CCN(C)C1. The monoisotopic (exact) mass is 379 g/mol. The van der Waals surface area contributed by atoms with Gasteiger partial charge in [-0.3, -0.25) is 4.98 Å². The molecule has 1 aromatic carbocycles. The van der Waals surface area contributed by atoms with E-state index in [1.165, 1.54) is 34.6 Å². The van der Waals surface area contributed by atoms with Gasteiger partial charge in [-0.15, -0.1) is 0 Å². The molecule has 0 radical (unpaired) electrons. The van der Waals surface area contributed by atoms with E-state index in [9.17, 15) is 15.0 Å². The summed E-state index contributed by atoms with van der Waals surface area (Å²) < 4.78 is 2.17. The number of aromatic nitrogens is 2. The summed E-state index contributed by atoms with van der Waals surface area (Å²) in [5, 5.41) is 22.1. The molecule has 3 heterocycles. The number of aryl methyl sites for hydroxylation is 1. The van der Waals surface area contributed by atoms with Crippen LogP contribution in [0.25, 0.3) is 10.9 Å². The number of fused-ring (bicyclic) bond motifs is 3. The van der Waals surface area contributed by atoms with Crippen molar-refractivity contribution in [2.75, 3.05) is 13.6 Å². The van der Waals surface area contributed by atoms with Crippen LogP contribution in [0.3, 0.4) is 0 Å². The summed E-state index contributed by atoms with van der Waals surface area (Å²) in [7, 11) is 2.12. The first-order chi connectivity index (χ1) is 13.3. The van der Waals surface area contributed by atoms with Crippen molar-refractivity contribution < 1.29 is 15.0 Å². The molecule has 0 saturated heterocycles. The number of hydrogen-bond acceptors (Lipinski definition) is 4. The molecule has 2 N–H and O–H groups in total. The first-order valence-electron chi connectivity index (χ1n) is 9.47. The lowest BCUT2D eigenvalue weighted by Crippen LogP contribution is -2.32. The lowest BCUT2D eigenvalue weighted by atomic mass is 9.92. The van der Waals surface area contributed by atoms with Gasteiger partial charge in [0, 0.05) is 54.1 Å². The summed E-state index contributed by atoms with van der Waals surface area (Å²) in [5.41, 5.74) is 3.89. The van der Waals surface area contributed by atoms with Crippen LogP contribution in [-0.2, 0) is 25.1 Å². The smallest absolute Gasteiger partial charge is 0.337 e. The Labute approximate surface area is 164 Å². The maximum absolute atomic E-state index is 11.6. The Morgan fingerprint density at radius 2 is 2.11 bits per heavy atom. The molecule has 0 aliphatic carbocycles. The molecule has 28 heavy (non-hydrogen) atoms. The zero-order valence-corrected chi connectivity index (χ0v) is 16.4. The van der Waals surface area contributed by atoms with Gasteiger partial charge in [-0.2, -0.15) is 0 Å². The molecule has 4 rings (SSSR count). The van der Waals surface area contributed by atoms with E-state index in [-0.39, 0.29) is 12.1 Å². The maximum atomic E-state index is 11.6. The van der Waals surface area contributed by atoms with Gasteiger partial charge in [0.15, 0.2) is 0 Å². The van der Waals surface area contributed by atoms with Crippen LogP contribution in [0.15, 0.2) is 36.7 Å². The number of likely N-dealkylation sites (N-methyl/N-ethyl adjacent to an activating group) is 1. The number of hydrogen-bond donors (Lipinski definition) is 2. The molecule has 1 aliphatic rings. The van der Waals surface area contributed by atoms with Crippen LogP contribution in [0.5, 0.6) is 0 Å². The number of aliphatic hydroxyl groups is 1. The second-order valence-electron chi connectivity index (χ2n) is 8.02.